The first-order valence-corrected chi connectivity index (χ1v) is 10.4. The molecule has 0 spiro atoms. The number of aromatic nitrogens is 1. The summed E-state index contributed by atoms with van der Waals surface area (Å²) in [6, 6.07) is 17.7. The first kappa shape index (κ1) is 19.7. The number of aryl methyl sites for hydroxylation is 1. The van der Waals surface area contributed by atoms with E-state index in [1.807, 2.05) is 43.5 Å². The summed E-state index contributed by atoms with van der Waals surface area (Å²) in [5.41, 5.74) is 2.51. The van der Waals surface area contributed by atoms with Crippen LogP contribution in [0.3, 0.4) is 0 Å². The van der Waals surface area contributed by atoms with E-state index in [-0.39, 0.29) is 22.8 Å². The van der Waals surface area contributed by atoms with Crippen molar-refractivity contribution in [3.63, 3.8) is 0 Å². The molecule has 4 rings (SSSR count). The Balaban J connectivity index is 1.84. The Labute approximate surface area is 177 Å². The van der Waals surface area contributed by atoms with E-state index >= 15 is 0 Å². The van der Waals surface area contributed by atoms with E-state index in [4.69, 9.17) is 4.42 Å². The number of nitrogens with zero attached hydrogens (tertiary/aromatic N) is 2. The number of carbonyl (C=O) groups excluding carboxylic acids is 1. The van der Waals surface area contributed by atoms with Gasteiger partial charge in [-0.2, -0.15) is 0 Å². The molecule has 0 unspecified atom stereocenters. The highest BCUT2D eigenvalue weighted by Gasteiger charge is 2.14. The molecule has 30 heavy (non-hydrogen) atoms. The predicted octanol–water partition coefficient (Wildman–Crippen LogP) is 5.05. The second-order valence-corrected chi connectivity index (χ2v) is 7.56. The third kappa shape index (κ3) is 4.36. The van der Waals surface area contributed by atoms with Crippen molar-refractivity contribution in [3.8, 4) is 5.75 Å². The molecule has 0 saturated heterocycles. The van der Waals surface area contributed by atoms with Gasteiger partial charge in [-0.15, -0.1) is 11.8 Å². The summed E-state index contributed by atoms with van der Waals surface area (Å²) in [4.78, 5) is 22.9. The zero-order valence-corrected chi connectivity index (χ0v) is 17.2. The van der Waals surface area contributed by atoms with Gasteiger partial charge >= 0.3 is 0 Å². The first-order chi connectivity index (χ1) is 14.5. The summed E-state index contributed by atoms with van der Waals surface area (Å²) in [5, 5.41) is 13.3. The molecule has 2 aromatic carbocycles. The lowest BCUT2D eigenvalue weighted by molar-refractivity contribution is 0.102. The van der Waals surface area contributed by atoms with Crippen LogP contribution < -0.4 is 10.9 Å². The number of anilines is 1. The number of aromatic hydroxyl groups is 1. The molecule has 2 N–H and O–H groups in total. The highest BCUT2D eigenvalue weighted by molar-refractivity contribution is 7.98. The molecule has 1 amide bonds. The Morgan fingerprint density at radius 2 is 2.00 bits per heavy atom. The van der Waals surface area contributed by atoms with E-state index in [9.17, 15) is 9.90 Å². The van der Waals surface area contributed by atoms with Crippen LogP contribution in [-0.2, 0) is 0 Å². The van der Waals surface area contributed by atoms with Gasteiger partial charge < -0.3 is 14.8 Å². The average molecular weight is 417 g/mol. The molecule has 0 radical (unpaired) electrons. The average Bonchev–Trinajstić information content (AvgIpc) is 2.75. The SMILES string of the molecule is CSc1cccc(N=c2oc3cc(O)ccc3cc2C(=O)Nc2ccc(C)cn2)c1. The monoisotopic (exact) mass is 417 g/mol. The fraction of sp³-hybridized carbons (Fsp3) is 0.0870. The summed E-state index contributed by atoms with van der Waals surface area (Å²) >= 11 is 1.60. The standard InChI is InChI=1S/C23H19N3O3S/c1-14-6-9-21(24-13-14)26-22(28)19-10-15-7-8-17(27)12-20(15)29-23(19)25-16-4-3-5-18(11-16)30-2/h3-13,27H,1-2H3,(H,24,26,28). The number of carbonyl (C=O) groups is 1. The molecule has 0 atom stereocenters. The quantitative estimate of drug-likeness (QED) is 0.454. The number of pyridine rings is 1. The second kappa shape index (κ2) is 8.42. The van der Waals surface area contributed by atoms with Crippen molar-refractivity contribution in [1.82, 2.24) is 4.98 Å². The topological polar surface area (TPSA) is 87.7 Å². The normalized spacial score (nSPS) is 11.6. The Morgan fingerprint density at radius 3 is 2.77 bits per heavy atom. The smallest absolute Gasteiger partial charge is 0.262 e. The van der Waals surface area contributed by atoms with Gasteiger partial charge in [-0.1, -0.05) is 12.1 Å². The number of benzene rings is 2. The summed E-state index contributed by atoms with van der Waals surface area (Å²) in [6.45, 7) is 1.93. The van der Waals surface area contributed by atoms with Crippen LogP contribution in [0.1, 0.15) is 15.9 Å². The van der Waals surface area contributed by atoms with Crippen molar-refractivity contribution < 1.29 is 14.3 Å². The number of hydrogen-bond donors (Lipinski definition) is 2. The van der Waals surface area contributed by atoms with E-state index in [0.29, 0.717) is 22.5 Å². The minimum absolute atomic E-state index is 0.0719. The van der Waals surface area contributed by atoms with Crippen LogP contribution >= 0.6 is 11.8 Å². The second-order valence-electron chi connectivity index (χ2n) is 6.68. The van der Waals surface area contributed by atoms with Crippen LogP contribution in [0.4, 0.5) is 11.5 Å². The highest BCUT2D eigenvalue weighted by Crippen LogP contribution is 2.23. The largest absolute Gasteiger partial charge is 0.508 e. The molecule has 0 aliphatic rings. The van der Waals surface area contributed by atoms with Crippen LogP contribution in [0.5, 0.6) is 5.75 Å². The van der Waals surface area contributed by atoms with Crippen LogP contribution in [0.2, 0.25) is 0 Å². The number of nitrogens with one attached hydrogen (secondary N) is 1. The Bertz CT molecular complexity index is 1300. The first-order valence-electron chi connectivity index (χ1n) is 9.21. The minimum Gasteiger partial charge on any atom is -0.508 e. The molecule has 0 aliphatic heterocycles. The van der Waals surface area contributed by atoms with Crippen molar-refractivity contribution >= 4 is 40.1 Å². The molecule has 6 nitrogen and oxygen atoms in total. The van der Waals surface area contributed by atoms with Crippen molar-refractivity contribution in [2.24, 2.45) is 4.99 Å². The van der Waals surface area contributed by atoms with Gasteiger partial charge in [0.05, 0.1) is 5.69 Å². The van der Waals surface area contributed by atoms with Gasteiger partial charge in [-0.3, -0.25) is 4.79 Å². The number of phenolic OH excluding ortho intramolecular Hbond substituents is 1. The zero-order chi connectivity index (χ0) is 21.1. The Hall–Kier alpha value is -3.58. The van der Waals surface area contributed by atoms with Crippen LogP contribution in [-0.4, -0.2) is 22.3 Å². The fourth-order valence-corrected chi connectivity index (χ4v) is 3.33. The molecule has 0 aliphatic carbocycles. The van der Waals surface area contributed by atoms with Crippen LogP contribution in [0, 0.1) is 6.92 Å². The molecule has 0 fully saturated rings. The van der Waals surface area contributed by atoms with Crippen LogP contribution in [0.15, 0.2) is 81.2 Å². The predicted molar refractivity (Wildman–Crippen MR) is 118 cm³/mol. The Morgan fingerprint density at radius 1 is 1.13 bits per heavy atom. The van der Waals surface area contributed by atoms with Crippen molar-refractivity contribution in [1.29, 1.82) is 0 Å². The summed E-state index contributed by atoms with van der Waals surface area (Å²) < 4.78 is 5.91. The van der Waals surface area contributed by atoms with Crippen molar-refractivity contribution in [2.75, 3.05) is 11.6 Å². The maximum atomic E-state index is 13.0. The molecular formula is C23H19N3O3S. The maximum absolute atomic E-state index is 13.0. The maximum Gasteiger partial charge on any atom is 0.262 e. The summed E-state index contributed by atoms with van der Waals surface area (Å²) in [7, 11) is 0. The third-order valence-electron chi connectivity index (χ3n) is 4.42. The molecule has 4 aromatic rings. The van der Waals surface area contributed by atoms with Gasteiger partial charge in [-0.25, -0.2) is 9.98 Å². The lowest BCUT2D eigenvalue weighted by Gasteiger charge is -2.07. The lowest BCUT2D eigenvalue weighted by Crippen LogP contribution is -2.22. The molecule has 2 heterocycles. The summed E-state index contributed by atoms with van der Waals surface area (Å²) in [5.74, 6) is 0.124. The molecule has 0 bridgehead atoms. The lowest BCUT2D eigenvalue weighted by atomic mass is 10.1. The number of phenols is 1. The van der Waals surface area contributed by atoms with Gasteiger partial charge in [-0.05, 0) is 61.2 Å². The number of fused-ring (bicyclic) bond motifs is 1. The van der Waals surface area contributed by atoms with Crippen molar-refractivity contribution in [3.05, 3.63) is 83.5 Å². The summed E-state index contributed by atoms with van der Waals surface area (Å²) in [6.07, 6.45) is 3.66. The molecule has 7 heteroatoms. The van der Waals surface area contributed by atoms with Gasteiger partial charge in [0, 0.05) is 22.5 Å². The number of rotatable bonds is 4. The number of hydrogen-bond acceptors (Lipinski definition) is 6. The van der Waals surface area contributed by atoms with E-state index in [2.05, 4.69) is 15.3 Å². The number of thioether (sulfide) groups is 1. The van der Waals surface area contributed by atoms with Gasteiger partial charge in [0.2, 0.25) is 5.55 Å². The van der Waals surface area contributed by atoms with E-state index in [1.54, 1.807) is 42.2 Å². The van der Waals surface area contributed by atoms with Gasteiger partial charge in [0.15, 0.2) is 0 Å². The third-order valence-corrected chi connectivity index (χ3v) is 5.14. The van der Waals surface area contributed by atoms with E-state index in [1.165, 1.54) is 6.07 Å². The van der Waals surface area contributed by atoms with Crippen molar-refractivity contribution in [2.45, 2.75) is 11.8 Å². The van der Waals surface area contributed by atoms with Gasteiger partial charge in [0.25, 0.3) is 5.91 Å². The van der Waals surface area contributed by atoms with Crippen LogP contribution in [0.25, 0.3) is 11.0 Å². The van der Waals surface area contributed by atoms with E-state index < -0.39 is 0 Å². The number of amides is 1. The molecular weight excluding hydrogens is 398 g/mol. The fourth-order valence-electron chi connectivity index (χ4n) is 2.88. The highest BCUT2D eigenvalue weighted by atomic mass is 32.2. The molecule has 150 valence electrons. The van der Waals surface area contributed by atoms with E-state index in [0.717, 1.165) is 10.5 Å². The molecule has 0 saturated carbocycles. The zero-order valence-electron chi connectivity index (χ0n) is 16.4. The van der Waals surface area contributed by atoms with Gasteiger partial charge in [0.1, 0.15) is 22.7 Å². The minimum atomic E-state index is -0.384. The molecule has 2 aromatic heterocycles. The Kier molecular flexibility index (Phi) is 5.54.